The molecule has 2 N–H and O–H groups in total. The number of piperidine rings is 1. The van der Waals surface area contributed by atoms with Gasteiger partial charge in [0.15, 0.2) is 0 Å². The highest BCUT2D eigenvalue weighted by molar-refractivity contribution is 5.98. The van der Waals surface area contributed by atoms with Crippen molar-refractivity contribution in [1.82, 2.24) is 15.5 Å². The van der Waals surface area contributed by atoms with E-state index in [2.05, 4.69) is 10.6 Å². The second-order valence-corrected chi connectivity index (χ2v) is 7.43. The molecule has 1 aromatic carbocycles. The van der Waals surface area contributed by atoms with Gasteiger partial charge in [0.2, 0.25) is 11.8 Å². The maximum absolute atomic E-state index is 13.0. The van der Waals surface area contributed by atoms with Crippen LogP contribution >= 0.6 is 0 Å². The quantitative estimate of drug-likeness (QED) is 0.861. The van der Waals surface area contributed by atoms with Gasteiger partial charge in [-0.15, -0.1) is 0 Å². The number of likely N-dealkylation sites (tertiary alicyclic amines) is 1. The average Bonchev–Trinajstić information content (AvgIpc) is 3.03. The molecule has 0 spiro atoms. The third-order valence-electron chi connectivity index (χ3n) is 5.14. The summed E-state index contributed by atoms with van der Waals surface area (Å²) >= 11 is 0. The van der Waals surface area contributed by atoms with Crippen molar-refractivity contribution in [2.24, 2.45) is 0 Å². The van der Waals surface area contributed by atoms with E-state index in [9.17, 15) is 14.4 Å². The summed E-state index contributed by atoms with van der Waals surface area (Å²) in [5, 5.41) is 5.78. The average molecular weight is 357 g/mol. The molecule has 26 heavy (non-hydrogen) atoms. The van der Waals surface area contributed by atoms with Crippen LogP contribution < -0.4 is 10.6 Å². The molecule has 1 unspecified atom stereocenters. The van der Waals surface area contributed by atoms with E-state index in [1.165, 1.54) is 0 Å². The molecule has 0 aliphatic carbocycles. The minimum atomic E-state index is -0.436. The Morgan fingerprint density at radius 1 is 1.15 bits per heavy atom. The molecule has 1 aromatic rings. The summed E-state index contributed by atoms with van der Waals surface area (Å²) in [5.74, 6) is -0.164. The smallest absolute Gasteiger partial charge is 0.254 e. The van der Waals surface area contributed by atoms with E-state index in [4.69, 9.17) is 0 Å². The lowest BCUT2D eigenvalue weighted by Crippen LogP contribution is -2.53. The molecule has 6 heteroatoms. The summed E-state index contributed by atoms with van der Waals surface area (Å²) in [5.41, 5.74) is 2.73. The number of aryl methyl sites for hydroxylation is 2. The topological polar surface area (TPSA) is 78.5 Å². The van der Waals surface area contributed by atoms with Gasteiger partial charge in [-0.1, -0.05) is 17.2 Å². The number of nitrogens with zero attached hydrogens (tertiary/aromatic N) is 1. The van der Waals surface area contributed by atoms with E-state index in [0.29, 0.717) is 31.5 Å². The summed E-state index contributed by atoms with van der Waals surface area (Å²) in [4.78, 5) is 38.7. The fourth-order valence-electron chi connectivity index (χ4n) is 3.88. The lowest BCUT2D eigenvalue weighted by Gasteiger charge is -2.35. The Morgan fingerprint density at radius 2 is 1.88 bits per heavy atom. The van der Waals surface area contributed by atoms with Gasteiger partial charge in [-0.05, 0) is 51.7 Å². The molecule has 2 aliphatic rings. The van der Waals surface area contributed by atoms with Gasteiger partial charge >= 0.3 is 0 Å². The maximum Gasteiger partial charge on any atom is 0.254 e. The first-order chi connectivity index (χ1) is 12.4. The van der Waals surface area contributed by atoms with Crippen LogP contribution in [-0.4, -0.2) is 47.8 Å². The zero-order valence-electron chi connectivity index (χ0n) is 15.5. The van der Waals surface area contributed by atoms with Crippen molar-refractivity contribution >= 4 is 17.7 Å². The van der Waals surface area contributed by atoms with Crippen molar-refractivity contribution in [3.8, 4) is 0 Å². The van der Waals surface area contributed by atoms with E-state index in [-0.39, 0.29) is 23.8 Å². The Labute approximate surface area is 154 Å². The van der Waals surface area contributed by atoms with Crippen LogP contribution in [0.5, 0.6) is 0 Å². The Balaban J connectivity index is 1.67. The van der Waals surface area contributed by atoms with E-state index in [1.54, 1.807) is 4.90 Å². The summed E-state index contributed by atoms with van der Waals surface area (Å²) in [6.07, 6.45) is 3.80. The number of rotatable bonds is 4. The number of hydrogen-bond acceptors (Lipinski definition) is 3. The van der Waals surface area contributed by atoms with Gasteiger partial charge in [-0.3, -0.25) is 14.4 Å². The molecule has 3 amide bonds. The van der Waals surface area contributed by atoms with Gasteiger partial charge in [0, 0.05) is 31.1 Å². The maximum atomic E-state index is 13.0. The molecule has 0 aromatic heterocycles. The second-order valence-electron chi connectivity index (χ2n) is 7.43. The van der Waals surface area contributed by atoms with Crippen LogP contribution in [0.1, 0.15) is 53.6 Å². The molecule has 0 bridgehead atoms. The minimum Gasteiger partial charge on any atom is -0.352 e. The highest BCUT2D eigenvalue weighted by Gasteiger charge is 2.33. The van der Waals surface area contributed by atoms with Crippen LogP contribution in [0.4, 0.5) is 0 Å². The molecule has 6 nitrogen and oxygen atoms in total. The lowest BCUT2D eigenvalue weighted by atomic mass is 9.99. The number of benzene rings is 1. The van der Waals surface area contributed by atoms with Crippen LogP contribution in [-0.2, 0) is 9.59 Å². The van der Waals surface area contributed by atoms with Crippen molar-refractivity contribution in [3.63, 3.8) is 0 Å². The summed E-state index contributed by atoms with van der Waals surface area (Å²) in [6.45, 7) is 4.97. The molecular weight excluding hydrogens is 330 g/mol. The van der Waals surface area contributed by atoms with E-state index in [0.717, 1.165) is 30.4 Å². The standard InChI is InChI=1S/C20H27N3O3/c1-13-9-14(2)11-15(10-13)20(26)23-8-4-3-5-17(23)19(25)21-12-16-6-7-18(24)22-16/h9-11,16-17H,3-8,12H2,1-2H3,(H,21,25)(H,22,24)/t16-,17?/m0/s1. The van der Waals surface area contributed by atoms with E-state index >= 15 is 0 Å². The Bertz CT molecular complexity index is 696. The van der Waals surface area contributed by atoms with E-state index in [1.807, 2.05) is 32.0 Å². The SMILES string of the molecule is Cc1cc(C)cc(C(=O)N2CCCCC2C(=O)NC[C@@H]2CCC(=O)N2)c1. The highest BCUT2D eigenvalue weighted by Crippen LogP contribution is 2.21. The summed E-state index contributed by atoms with van der Waals surface area (Å²) in [7, 11) is 0. The summed E-state index contributed by atoms with van der Waals surface area (Å²) < 4.78 is 0. The molecule has 0 radical (unpaired) electrons. The number of hydrogen-bond donors (Lipinski definition) is 2. The first kappa shape index (κ1) is 18.4. The van der Waals surface area contributed by atoms with Crippen molar-refractivity contribution in [3.05, 3.63) is 34.9 Å². The number of nitrogens with one attached hydrogen (secondary N) is 2. The van der Waals surface area contributed by atoms with Gasteiger partial charge in [0.05, 0.1) is 0 Å². The van der Waals surface area contributed by atoms with E-state index < -0.39 is 6.04 Å². The largest absolute Gasteiger partial charge is 0.352 e. The number of amides is 3. The lowest BCUT2D eigenvalue weighted by molar-refractivity contribution is -0.127. The Morgan fingerprint density at radius 3 is 2.54 bits per heavy atom. The minimum absolute atomic E-state index is 0.00128. The highest BCUT2D eigenvalue weighted by atomic mass is 16.2. The van der Waals surface area contributed by atoms with Gasteiger partial charge in [-0.25, -0.2) is 0 Å². The molecule has 0 saturated carbocycles. The van der Waals surface area contributed by atoms with Crippen LogP contribution in [0.15, 0.2) is 18.2 Å². The summed E-state index contributed by atoms with van der Waals surface area (Å²) in [6, 6.07) is 5.36. The molecule has 2 fully saturated rings. The van der Waals surface area contributed by atoms with Crippen LogP contribution in [0.2, 0.25) is 0 Å². The normalized spacial score (nSPS) is 22.8. The molecular formula is C20H27N3O3. The van der Waals surface area contributed by atoms with Gasteiger partial charge in [0.25, 0.3) is 5.91 Å². The second kappa shape index (κ2) is 7.89. The van der Waals surface area contributed by atoms with Crippen molar-refractivity contribution in [2.75, 3.05) is 13.1 Å². The molecule has 3 rings (SSSR count). The predicted octanol–water partition coefficient (Wildman–Crippen LogP) is 1.69. The monoisotopic (exact) mass is 357 g/mol. The first-order valence-corrected chi connectivity index (χ1v) is 9.40. The van der Waals surface area contributed by atoms with Crippen LogP contribution in [0.25, 0.3) is 0 Å². The first-order valence-electron chi connectivity index (χ1n) is 9.40. The van der Waals surface area contributed by atoms with Gasteiger partial charge in [-0.2, -0.15) is 0 Å². The van der Waals surface area contributed by atoms with Crippen molar-refractivity contribution in [2.45, 2.75) is 58.0 Å². The molecule has 2 aliphatic heterocycles. The zero-order chi connectivity index (χ0) is 18.7. The Kier molecular flexibility index (Phi) is 5.59. The van der Waals surface area contributed by atoms with Gasteiger partial charge < -0.3 is 15.5 Å². The third kappa shape index (κ3) is 4.23. The number of carbonyl (C=O) groups is 3. The van der Waals surface area contributed by atoms with Crippen molar-refractivity contribution in [1.29, 1.82) is 0 Å². The molecule has 2 saturated heterocycles. The van der Waals surface area contributed by atoms with Crippen LogP contribution in [0.3, 0.4) is 0 Å². The fourth-order valence-corrected chi connectivity index (χ4v) is 3.88. The van der Waals surface area contributed by atoms with Crippen molar-refractivity contribution < 1.29 is 14.4 Å². The Hall–Kier alpha value is -2.37. The van der Waals surface area contributed by atoms with Gasteiger partial charge in [0.1, 0.15) is 6.04 Å². The predicted molar refractivity (Wildman–Crippen MR) is 98.8 cm³/mol. The molecule has 140 valence electrons. The zero-order valence-corrected chi connectivity index (χ0v) is 15.5. The molecule has 2 heterocycles. The number of carbonyl (C=O) groups excluding carboxylic acids is 3. The third-order valence-corrected chi connectivity index (χ3v) is 5.14. The molecule has 2 atom stereocenters. The van der Waals surface area contributed by atoms with Crippen LogP contribution in [0, 0.1) is 13.8 Å². The fraction of sp³-hybridized carbons (Fsp3) is 0.550.